The predicted octanol–water partition coefficient (Wildman–Crippen LogP) is 1.96. The molecule has 2 aromatic rings. The number of benzene rings is 1. The minimum atomic E-state index is -0.0852. The van der Waals surface area contributed by atoms with E-state index in [1.54, 1.807) is 24.5 Å². The summed E-state index contributed by atoms with van der Waals surface area (Å²) in [5.41, 5.74) is 8.39. The Hall–Kier alpha value is -1.95. The minimum absolute atomic E-state index is 0.0167. The summed E-state index contributed by atoms with van der Waals surface area (Å²) in [4.78, 5) is 16.1. The van der Waals surface area contributed by atoms with Crippen LogP contribution in [-0.2, 0) is 11.2 Å². The first kappa shape index (κ1) is 15.0. The van der Waals surface area contributed by atoms with Gasteiger partial charge in [0, 0.05) is 29.9 Å². The number of carbonyl (C=O) groups excluding carboxylic acids is 1. The van der Waals surface area contributed by atoms with Crippen molar-refractivity contribution in [2.24, 2.45) is 0 Å². The molecular weight excluding hydrogens is 300 g/mol. The lowest BCUT2D eigenvalue weighted by Crippen LogP contribution is -2.44. The van der Waals surface area contributed by atoms with Crippen molar-refractivity contribution in [3.63, 3.8) is 0 Å². The summed E-state index contributed by atoms with van der Waals surface area (Å²) in [6.45, 7) is 0. The molecule has 114 valence electrons. The van der Waals surface area contributed by atoms with Gasteiger partial charge in [0.1, 0.15) is 0 Å². The number of nitrogens with zero attached hydrogens (tertiary/aromatic N) is 1. The Bertz CT molecular complexity index is 632. The summed E-state index contributed by atoms with van der Waals surface area (Å²) in [7, 11) is 0. The van der Waals surface area contributed by atoms with Gasteiger partial charge in [0.2, 0.25) is 5.91 Å². The van der Waals surface area contributed by atoms with E-state index >= 15 is 0 Å². The average Bonchev–Trinajstić information content (AvgIpc) is 2.99. The van der Waals surface area contributed by atoms with E-state index < -0.39 is 0 Å². The zero-order valence-electron chi connectivity index (χ0n) is 11.9. The predicted molar refractivity (Wildman–Crippen MR) is 85.0 cm³/mol. The molecule has 1 aliphatic rings. The van der Waals surface area contributed by atoms with Crippen molar-refractivity contribution >= 4 is 17.5 Å². The third-order valence-electron chi connectivity index (χ3n) is 3.62. The van der Waals surface area contributed by atoms with Gasteiger partial charge in [-0.05, 0) is 35.4 Å². The molecule has 0 aliphatic carbocycles. The van der Waals surface area contributed by atoms with E-state index in [0.717, 1.165) is 17.5 Å². The van der Waals surface area contributed by atoms with Crippen LogP contribution in [0.5, 0.6) is 0 Å². The van der Waals surface area contributed by atoms with Crippen molar-refractivity contribution in [1.82, 2.24) is 21.2 Å². The van der Waals surface area contributed by atoms with Crippen LogP contribution in [0.2, 0.25) is 5.02 Å². The Balaban J connectivity index is 1.51. The second-order valence-corrected chi connectivity index (χ2v) is 5.72. The molecule has 1 aromatic heterocycles. The lowest BCUT2D eigenvalue weighted by atomic mass is 10.1. The maximum atomic E-state index is 12.1. The van der Waals surface area contributed by atoms with Crippen LogP contribution in [0.4, 0.5) is 0 Å². The lowest BCUT2D eigenvalue weighted by molar-refractivity contribution is -0.121. The highest BCUT2D eigenvalue weighted by Crippen LogP contribution is 2.20. The van der Waals surface area contributed by atoms with Gasteiger partial charge in [-0.3, -0.25) is 9.78 Å². The normalized spacial score (nSPS) is 20.8. The highest BCUT2D eigenvalue weighted by molar-refractivity contribution is 6.30. The van der Waals surface area contributed by atoms with E-state index in [0.29, 0.717) is 11.4 Å². The summed E-state index contributed by atoms with van der Waals surface area (Å²) < 4.78 is 0. The van der Waals surface area contributed by atoms with Crippen LogP contribution in [-0.4, -0.2) is 17.1 Å². The van der Waals surface area contributed by atoms with Crippen LogP contribution >= 0.6 is 11.6 Å². The number of amides is 1. The number of hydrogen-bond acceptors (Lipinski definition) is 4. The molecule has 2 unspecified atom stereocenters. The number of hydrazine groups is 1. The fraction of sp³-hybridized carbons (Fsp3) is 0.250. The third kappa shape index (κ3) is 3.82. The molecule has 2 heterocycles. The Kier molecular flexibility index (Phi) is 4.68. The second-order valence-electron chi connectivity index (χ2n) is 5.28. The number of carbonyl (C=O) groups is 1. The van der Waals surface area contributed by atoms with E-state index in [4.69, 9.17) is 11.6 Å². The Morgan fingerprint density at radius 2 is 1.91 bits per heavy atom. The van der Waals surface area contributed by atoms with Crippen molar-refractivity contribution in [1.29, 1.82) is 0 Å². The first-order valence-corrected chi connectivity index (χ1v) is 7.53. The number of aromatic nitrogens is 1. The topological polar surface area (TPSA) is 66.0 Å². The Morgan fingerprint density at radius 1 is 1.18 bits per heavy atom. The molecule has 0 spiro atoms. The van der Waals surface area contributed by atoms with Crippen LogP contribution in [0.1, 0.15) is 23.6 Å². The largest absolute Gasteiger partial charge is 0.339 e. The van der Waals surface area contributed by atoms with Gasteiger partial charge < -0.3 is 5.32 Å². The van der Waals surface area contributed by atoms with Crippen LogP contribution in [0.25, 0.3) is 0 Å². The minimum Gasteiger partial charge on any atom is -0.339 e. The van der Waals surface area contributed by atoms with Gasteiger partial charge in [-0.2, -0.15) is 0 Å². The van der Waals surface area contributed by atoms with Gasteiger partial charge in [-0.25, -0.2) is 10.9 Å². The molecule has 3 N–H and O–H groups in total. The molecule has 5 nitrogen and oxygen atoms in total. The van der Waals surface area contributed by atoms with E-state index in [2.05, 4.69) is 21.2 Å². The summed E-state index contributed by atoms with van der Waals surface area (Å²) in [6.07, 6.45) is 4.58. The summed E-state index contributed by atoms with van der Waals surface area (Å²) in [6, 6.07) is 11.4. The Labute approximate surface area is 134 Å². The monoisotopic (exact) mass is 316 g/mol. The average molecular weight is 317 g/mol. The van der Waals surface area contributed by atoms with Crippen molar-refractivity contribution in [3.05, 3.63) is 64.9 Å². The van der Waals surface area contributed by atoms with E-state index in [1.807, 2.05) is 24.3 Å². The van der Waals surface area contributed by atoms with Gasteiger partial charge in [-0.1, -0.05) is 23.7 Å². The van der Waals surface area contributed by atoms with Gasteiger partial charge in [0.05, 0.1) is 12.6 Å². The molecule has 1 saturated heterocycles. The molecule has 1 aromatic carbocycles. The van der Waals surface area contributed by atoms with Crippen LogP contribution in [0, 0.1) is 0 Å². The number of rotatable bonds is 4. The van der Waals surface area contributed by atoms with Crippen molar-refractivity contribution in [3.8, 4) is 0 Å². The smallest absolute Gasteiger partial charge is 0.225 e. The molecule has 2 atom stereocenters. The van der Waals surface area contributed by atoms with Crippen LogP contribution in [0.15, 0.2) is 48.8 Å². The molecule has 22 heavy (non-hydrogen) atoms. The maximum absolute atomic E-state index is 12.1. The molecule has 1 fully saturated rings. The first-order valence-electron chi connectivity index (χ1n) is 7.15. The molecule has 0 radical (unpaired) electrons. The summed E-state index contributed by atoms with van der Waals surface area (Å²) >= 11 is 5.84. The fourth-order valence-corrected chi connectivity index (χ4v) is 2.62. The Morgan fingerprint density at radius 3 is 2.64 bits per heavy atom. The van der Waals surface area contributed by atoms with E-state index in [9.17, 15) is 4.79 Å². The van der Waals surface area contributed by atoms with E-state index in [-0.39, 0.29) is 18.1 Å². The standard InChI is InChI=1S/C16H17ClN4O/c17-13-3-1-11(2-4-13)9-16(22)19-15-10-14(20-21-15)12-5-7-18-8-6-12/h1-8,14-15,20-21H,9-10H2,(H,19,22). The summed E-state index contributed by atoms with van der Waals surface area (Å²) in [5.74, 6) is -0.0167. The fourth-order valence-electron chi connectivity index (χ4n) is 2.50. The van der Waals surface area contributed by atoms with Crippen LogP contribution < -0.4 is 16.2 Å². The summed E-state index contributed by atoms with van der Waals surface area (Å²) in [5, 5.41) is 3.65. The molecule has 3 rings (SSSR count). The van der Waals surface area contributed by atoms with Crippen molar-refractivity contribution < 1.29 is 4.79 Å². The molecule has 1 aliphatic heterocycles. The van der Waals surface area contributed by atoms with Gasteiger partial charge in [0.15, 0.2) is 0 Å². The second kappa shape index (κ2) is 6.87. The van der Waals surface area contributed by atoms with Crippen molar-refractivity contribution in [2.45, 2.75) is 25.0 Å². The number of nitrogens with one attached hydrogen (secondary N) is 3. The highest BCUT2D eigenvalue weighted by Gasteiger charge is 2.25. The molecule has 0 saturated carbocycles. The van der Waals surface area contributed by atoms with Crippen LogP contribution in [0.3, 0.4) is 0 Å². The maximum Gasteiger partial charge on any atom is 0.225 e. The molecular formula is C16H17ClN4O. The number of hydrogen-bond donors (Lipinski definition) is 3. The zero-order valence-corrected chi connectivity index (χ0v) is 12.7. The molecule has 0 bridgehead atoms. The van der Waals surface area contributed by atoms with Gasteiger partial charge in [-0.15, -0.1) is 0 Å². The highest BCUT2D eigenvalue weighted by atomic mass is 35.5. The number of halogens is 1. The first-order chi connectivity index (χ1) is 10.7. The van der Waals surface area contributed by atoms with Gasteiger partial charge >= 0.3 is 0 Å². The van der Waals surface area contributed by atoms with Crippen molar-refractivity contribution in [2.75, 3.05) is 0 Å². The molecule has 1 amide bonds. The SMILES string of the molecule is O=C(Cc1ccc(Cl)cc1)NC1CC(c2ccncc2)NN1. The van der Waals surface area contributed by atoms with Gasteiger partial charge in [0.25, 0.3) is 0 Å². The zero-order chi connectivity index (χ0) is 15.4. The lowest BCUT2D eigenvalue weighted by Gasteiger charge is -2.12. The van der Waals surface area contributed by atoms with E-state index in [1.165, 1.54) is 0 Å². The molecule has 6 heteroatoms. The third-order valence-corrected chi connectivity index (χ3v) is 3.88. The quantitative estimate of drug-likeness (QED) is 0.807. The number of pyridine rings is 1.